The molecule has 0 saturated heterocycles. The van der Waals surface area contributed by atoms with Gasteiger partial charge in [0.25, 0.3) is 5.91 Å². The van der Waals surface area contributed by atoms with Crippen LogP contribution in [0.4, 0.5) is 4.39 Å². The Balaban J connectivity index is 2.54. The van der Waals surface area contributed by atoms with E-state index in [9.17, 15) is 18.8 Å². The van der Waals surface area contributed by atoms with Crippen LogP contribution in [0.3, 0.4) is 0 Å². The van der Waals surface area contributed by atoms with Crippen LogP contribution in [0, 0.1) is 18.2 Å². The highest BCUT2D eigenvalue weighted by atomic mass is 19.1. The van der Waals surface area contributed by atoms with Gasteiger partial charge < -0.3 is 10.1 Å². The molecule has 2 rings (SSSR count). The van der Waals surface area contributed by atoms with E-state index in [0.29, 0.717) is 28.8 Å². The number of nitrogens with one attached hydrogen (secondary N) is 1. The Bertz CT molecular complexity index is 1060. The van der Waals surface area contributed by atoms with Gasteiger partial charge in [0, 0.05) is 17.7 Å². The van der Waals surface area contributed by atoms with Gasteiger partial charge in [-0.2, -0.15) is 0 Å². The van der Waals surface area contributed by atoms with Crippen molar-refractivity contribution in [1.29, 1.82) is 0 Å². The second kappa shape index (κ2) is 9.23. The molecule has 0 fully saturated rings. The maximum Gasteiger partial charge on any atom is 0.338 e. The topological polar surface area (TPSA) is 72.5 Å². The molecule has 0 saturated carbocycles. The number of halogens is 1. The van der Waals surface area contributed by atoms with Gasteiger partial charge in [-0.15, -0.1) is 0 Å². The summed E-state index contributed by atoms with van der Waals surface area (Å²) in [4.78, 5) is 37.5. The number of hydrogen-bond donors (Lipinski definition) is 1. The number of carbonyl (C=O) groups excluding carboxylic acids is 3. The summed E-state index contributed by atoms with van der Waals surface area (Å²) in [6.45, 7) is 14.7. The number of amides is 1. The van der Waals surface area contributed by atoms with Crippen molar-refractivity contribution in [2.45, 2.75) is 61.0 Å². The lowest BCUT2D eigenvalue weighted by molar-refractivity contribution is 0.00688. The van der Waals surface area contributed by atoms with Gasteiger partial charge in [-0.05, 0) is 81.0 Å². The zero-order valence-corrected chi connectivity index (χ0v) is 20.1. The largest absolute Gasteiger partial charge is 0.456 e. The molecule has 5 nitrogen and oxygen atoms in total. The summed E-state index contributed by atoms with van der Waals surface area (Å²) in [5, 5.41) is 2.86. The van der Waals surface area contributed by atoms with Gasteiger partial charge in [0.1, 0.15) is 11.4 Å². The number of Topliss-reactive ketones (excluding diaryl/α,β-unsaturated/α-hetero) is 1. The number of hydrogen-bond acceptors (Lipinski definition) is 4. The highest BCUT2D eigenvalue weighted by molar-refractivity contribution is 6.05. The van der Waals surface area contributed by atoms with Crippen molar-refractivity contribution in [1.82, 2.24) is 5.32 Å². The van der Waals surface area contributed by atoms with Gasteiger partial charge in [0.05, 0.1) is 5.56 Å². The Morgan fingerprint density at radius 1 is 0.938 bits per heavy atom. The summed E-state index contributed by atoms with van der Waals surface area (Å²) in [7, 11) is 0. The number of ketones is 1. The van der Waals surface area contributed by atoms with E-state index in [1.807, 2.05) is 20.8 Å². The molecule has 0 unspecified atom stereocenters. The Morgan fingerprint density at radius 3 is 2.09 bits per heavy atom. The molecule has 32 heavy (non-hydrogen) atoms. The van der Waals surface area contributed by atoms with Crippen LogP contribution < -0.4 is 5.32 Å². The second-order valence-corrected chi connectivity index (χ2v) is 10.2. The average molecular weight is 442 g/mol. The molecular weight excluding hydrogens is 409 g/mol. The van der Waals surface area contributed by atoms with E-state index in [0.717, 1.165) is 6.07 Å². The van der Waals surface area contributed by atoms with E-state index in [-0.39, 0.29) is 28.2 Å². The van der Waals surface area contributed by atoms with Gasteiger partial charge >= 0.3 is 5.97 Å². The van der Waals surface area contributed by atoms with Gasteiger partial charge in [-0.1, -0.05) is 26.8 Å². The van der Waals surface area contributed by atoms with Crippen LogP contribution in [-0.2, 0) is 4.74 Å². The predicted molar refractivity (Wildman–Crippen MR) is 124 cm³/mol. The van der Waals surface area contributed by atoms with Crippen molar-refractivity contribution in [2.24, 2.45) is 5.41 Å². The third-order valence-corrected chi connectivity index (χ3v) is 4.71. The van der Waals surface area contributed by atoms with Crippen molar-refractivity contribution in [3.05, 3.63) is 58.4 Å². The molecule has 2 aromatic rings. The van der Waals surface area contributed by atoms with Crippen LogP contribution in [0.5, 0.6) is 0 Å². The first kappa shape index (κ1) is 25.2. The van der Waals surface area contributed by atoms with E-state index in [4.69, 9.17) is 4.74 Å². The van der Waals surface area contributed by atoms with E-state index >= 15 is 0 Å². The molecule has 172 valence electrons. The molecule has 0 atom stereocenters. The summed E-state index contributed by atoms with van der Waals surface area (Å²) in [6.07, 6.45) is 0. The van der Waals surface area contributed by atoms with Crippen molar-refractivity contribution < 1.29 is 23.5 Å². The standard InChI is InChI=1S/C26H32FNO4/c1-15-20(12-18(13-22(15)27)24(31)32-26(6,7)8)19-10-9-17(11-21(19)16(2)29)23(30)28-14-25(3,4)5/h9-13H,14H2,1-8H3,(H,28,30). The number of rotatable bonds is 5. The lowest BCUT2D eigenvalue weighted by Gasteiger charge is -2.20. The summed E-state index contributed by atoms with van der Waals surface area (Å²) >= 11 is 0. The molecule has 6 heteroatoms. The van der Waals surface area contributed by atoms with Crippen molar-refractivity contribution in [3.63, 3.8) is 0 Å². The monoisotopic (exact) mass is 441 g/mol. The fourth-order valence-electron chi connectivity index (χ4n) is 3.07. The van der Waals surface area contributed by atoms with Crippen LogP contribution in [0.2, 0.25) is 0 Å². The Hall–Kier alpha value is -3.02. The molecular formula is C26H32FNO4. The minimum absolute atomic E-state index is 0.0551. The van der Waals surface area contributed by atoms with Crippen molar-refractivity contribution in [2.75, 3.05) is 6.54 Å². The minimum atomic E-state index is -0.731. The number of carbonyl (C=O) groups is 3. The van der Waals surface area contributed by atoms with E-state index in [1.54, 1.807) is 39.8 Å². The summed E-state index contributed by atoms with van der Waals surface area (Å²) < 4.78 is 20.1. The first-order valence-corrected chi connectivity index (χ1v) is 10.6. The van der Waals surface area contributed by atoms with E-state index < -0.39 is 17.4 Å². The second-order valence-electron chi connectivity index (χ2n) is 10.2. The van der Waals surface area contributed by atoms with Crippen LogP contribution in [0.15, 0.2) is 30.3 Å². The van der Waals surface area contributed by atoms with E-state index in [1.165, 1.54) is 19.1 Å². The maximum absolute atomic E-state index is 14.7. The molecule has 1 amide bonds. The maximum atomic E-state index is 14.7. The molecule has 0 radical (unpaired) electrons. The zero-order valence-electron chi connectivity index (χ0n) is 20.1. The fraction of sp³-hybridized carbons (Fsp3) is 0.423. The van der Waals surface area contributed by atoms with Gasteiger partial charge in [0.15, 0.2) is 5.78 Å². The number of benzene rings is 2. The average Bonchev–Trinajstić information content (AvgIpc) is 2.65. The molecule has 1 N–H and O–H groups in total. The molecule has 0 bridgehead atoms. The summed E-state index contributed by atoms with van der Waals surface area (Å²) in [6, 6.07) is 7.37. The molecule has 0 aliphatic heterocycles. The van der Waals surface area contributed by atoms with E-state index in [2.05, 4.69) is 5.32 Å². The number of ether oxygens (including phenoxy) is 1. The van der Waals surface area contributed by atoms with Gasteiger partial charge in [-0.25, -0.2) is 9.18 Å². The molecule has 0 aromatic heterocycles. The lowest BCUT2D eigenvalue weighted by atomic mass is 9.91. The Labute approximate surface area is 189 Å². The highest BCUT2D eigenvalue weighted by Gasteiger charge is 2.22. The van der Waals surface area contributed by atoms with Gasteiger partial charge in [0.2, 0.25) is 0 Å². The smallest absolute Gasteiger partial charge is 0.338 e. The Morgan fingerprint density at radius 2 is 1.56 bits per heavy atom. The van der Waals surface area contributed by atoms with Crippen molar-refractivity contribution >= 4 is 17.7 Å². The third-order valence-electron chi connectivity index (χ3n) is 4.71. The molecule has 0 aliphatic rings. The predicted octanol–water partition coefficient (Wildman–Crippen LogP) is 5.73. The summed E-state index contributed by atoms with van der Waals surface area (Å²) in [5.41, 5.74) is 0.997. The van der Waals surface area contributed by atoms with Crippen LogP contribution in [-0.4, -0.2) is 29.8 Å². The summed E-state index contributed by atoms with van der Waals surface area (Å²) in [5.74, 6) is -1.79. The molecule has 0 aliphatic carbocycles. The third kappa shape index (κ3) is 6.49. The first-order valence-electron chi connectivity index (χ1n) is 10.6. The SMILES string of the molecule is CC(=O)c1cc(C(=O)NCC(C)(C)C)ccc1-c1cc(C(=O)OC(C)(C)C)cc(F)c1C. The fourth-order valence-corrected chi connectivity index (χ4v) is 3.07. The van der Waals surface area contributed by atoms with Crippen molar-refractivity contribution in [3.8, 4) is 11.1 Å². The minimum Gasteiger partial charge on any atom is -0.456 e. The van der Waals surface area contributed by atoms with Crippen LogP contribution >= 0.6 is 0 Å². The van der Waals surface area contributed by atoms with Gasteiger partial charge in [-0.3, -0.25) is 9.59 Å². The van der Waals surface area contributed by atoms with Crippen LogP contribution in [0.25, 0.3) is 11.1 Å². The molecule has 0 spiro atoms. The number of esters is 1. The normalized spacial score (nSPS) is 11.8. The highest BCUT2D eigenvalue weighted by Crippen LogP contribution is 2.31. The Kier molecular flexibility index (Phi) is 7.28. The first-order chi connectivity index (χ1) is 14.6. The van der Waals surface area contributed by atoms with Crippen LogP contribution in [0.1, 0.15) is 85.1 Å². The quantitative estimate of drug-likeness (QED) is 0.475. The lowest BCUT2D eigenvalue weighted by Crippen LogP contribution is -2.32. The molecule has 0 heterocycles. The zero-order chi connectivity index (χ0) is 24.4. The molecule has 2 aromatic carbocycles.